The Morgan fingerprint density at radius 2 is 2.03 bits per heavy atom. The van der Waals surface area contributed by atoms with Gasteiger partial charge in [-0.05, 0) is 32.9 Å². The largest absolute Gasteiger partial charge is 0.418 e. The Kier molecular flexibility index (Phi) is 4.96. The lowest BCUT2D eigenvalue weighted by Gasteiger charge is -2.42. The minimum Gasteiger partial charge on any atom is -0.382 e. The van der Waals surface area contributed by atoms with Crippen LogP contribution in [0.15, 0.2) is 37.3 Å². The molecule has 0 saturated carbocycles. The summed E-state index contributed by atoms with van der Waals surface area (Å²) >= 11 is 0. The van der Waals surface area contributed by atoms with E-state index in [-0.39, 0.29) is 29.5 Å². The Labute approximate surface area is 181 Å². The van der Waals surface area contributed by atoms with Gasteiger partial charge in [-0.2, -0.15) is 18.3 Å². The van der Waals surface area contributed by atoms with Crippen molar-refractivity contribution in [2.45, 2.75) is 38.6 Å². The topological polar surface area (TPSA) is 98.6 Å². The van der Waals surface area contributed by atoms with Crippen molar-refractivity contribution in [3.05, 3.63) is 48.6 Å². The summed E-state index contributed by atoms with van der Waals surface area (Å²) in [5.74, 6) is -0.603. The van der Waals surface area contributed by atoms with E-state index in [1.807, 2.05) is 0 Å². The van der Waals surface area contributed by atoms with Crippen LogP contribution in [0.25, 0.3) is 16.8 Å². The first kappa shape index (κ1) is 21.8. The molecule has 1 fully saturated rings. The summed E-state index contributed by atoms with van der Waals surface area (Å²) in [4.78, 5) is 22.7. The van der Waals surface area contributed by atoms with E-state index in [1.165, 1.54) is 11.1 Å². The van der Waals surface area contributed by atoms with Crippen molar-refractivity contribution in [3.63, 3.8) is 0 Å². The van der Waals surface area contributed by atoms with Crippen molar-refractivity contribution in [2.24, 2.45) is 0 Å². The molecule has 0 aliphatic carbocycles. The molecule has 3 aromatic heterocycles. The Balaban J connectivity index is 1.93. The number of fused-ring (bicyclic) bond motifs is 1. The van der Waals surface area contributed by atoms with Gasteiger partial charge in [0.05, 0.1) is 35.3 Å². The fraction of sp³-hybridized carbons (Fsp3) is 0.333. The van der Waals surface area contributed by atoms with Crippen LogP contribution in [-0.2, 0) is 15.7 Å². The SMILES string of the molecule is C=C[C@H]1COC(C)(C)C(=O)N1c1cc(-c2cc(C(F)(F)F)c3c(N)ncnn23)cnc1C. The number of pyridine rings is 1. The zero-order valence-electron chi connectivity index (χ0n) is 17.6. The van der Waals surface area contributed by atoms with E-state index in [9.17, 15) is 18.0 Å². The van der Waals surface area contributed by atoms with Gasteiger partial charge in [0.25, 0.3) is 5.91 Å². The van der Waals surface area contributed by atoms with Gasteiger partial charge in [0, 0.05) is 11.8 Å². The highest BCUT2D eigenvalue weighted by Crippen LogP contribution is 2.40. The van der Waals surface area contributed by atoms with Crippen molar-refractivity contribution >= 4 is 22.9 Å². The maximum atomic E-state index is 13.7. The second-order valence-corrected chi connectivity index (χ2v) is 7.97. The van der Waals surface area contributed by atoms with Crippen molar-refractivity contribution in [2.75, 3.05) is 17.2 Å². The van der Waals surface area contributed by atoms with Crippen LogP contribution in [0.4, 0.5) is 24.7 Å². The molecule has 1 atom stereocenters. The number of rotatable bonds is 3. The van der Waals surface area contributed by atoms with Crippen LogP contribution in [-0.4, -0.2) is 43.7 Å². The average Bonchev–Trinajstić information content (AvgIpc) is 3.12. The third-order valence-corrected chi connectivity index (χ3v) is 5.46. The quantitative estimate of drug-likeness (QED) is 0.620. The number of anilines is 2. The molecule has 2 N–H and O–H groups in total. The molecule has 1 saturated heterocycles. The standard InChI is InChI=1S/C21H21F3N6O2/c1-5-13-9-32-20(3,4)19(31)29(13)15-6-12(8-26-11(15)2)16-7-14(21(22,23)24)17-18(25)27-10-28-30(16)17/h5-8,10,13H,1,9H2,2-4H3,(H2,25,27,28)/t13-/m0/s1. The molecular weight excluding hydrogens is 425 g/mol. The number of nitrogens with two attached hydrogens (primary N) is 1. The lowest BCUT2D eigenvalue weighted by Crippen LogP contribution is -2.58. The molecule has 1 aliphatic heterocycles. The van der Waals surface area contributed by atoms with Gasteiger partial charge in [0.1, 0.15) is 17.4 Å². The molecule has 32 heavy (non-hydrogen) atoms. The first-order chi connectivity index (χ1) is 15.0. The summed E-state index contributed by atoms with van der Waals surface area (Å²) in [6.07, 6.45) is -0.572. The smallest absolute Gasteiger partial charge is 0.382 e. The van der Waals surface area contributed by atoms with Crippen molar-refractivity contribution in [1.29, 1.82) is 0 Å². The first-order valence-electron chi connectivity index (χ1n) is 9.72. The normalized spacial score (nSPS) is 18.9. The molecule has 0 bridgehead atoms. The van der Waals surface area contributed by atoms with Crippen molar-refractivity contribution in [3.8, 4) is 11.3 Å². The van der Waals surface area contributed by atoms with Crippen LogP contribution in [0.3, 0.4) is 0 Å². The van der Waals surface area contributed by atoms with Gasteiger partial charge in [-0.15, -0.1) is 6.58 Å². The highest BCUT2D eigenvalue weighted by Gasteiger charge is 2.42. The molecular formula is C21H21F3N6O2. The highest BCUT2D eigenvalue weighted by molar-refractivity contribution is 6.01. The lowest BCUT2D eigenvalue weighted by atomic mass is 10.0. The minimum absolute atomic E-state index is 0.116. The Bertz CT molecular complexity index is 1230. The Morgan fingerprint density at radius 3 is 2.69 bits per heavy atom. The number of morpholine rings is 1. The van der Waals surface area contributed by atoms with Gasteiger partial charge in [0.2, 0.25) is 0 Å². The predicted molar refractivity (Wildman–Crippen MR) is 112 cm³/mol. The number of carbonyl (C=O) groups excluding carboxylic acids is 1. The molecule has 0 aromatic carbocycles. The van der Waals surface area contributed by atoms with Gasteiger partial charge in [-0.25, -0.2) is 9.50 Å². The third kappa shape index (κ3) is 3.38. The number of ether oxygens (including phenoxy) is 1. The summed E-state index contributed by atoms with van der Waals surface area (Å²) in [5.41, 5.74) is 4.77. The van der Waals surface area contributed by atoms with E-state index in [1.54, 1.807) is 32.9 Å². The minimum atomic E-state index is -4.67. The number of aryl methyl sites for hydroxylation is 1. The maximum Gasteiger partial charge on any atom is 0.418 e. The van der Waals surface area contributed by atoms with Crippen molar-refractivity contribution in [1.82, 2.24) is 19.6 Å². The summed E-state index contributed by atoms with van der Waals surface area (Å²) < 4.78 is 47.8. The maximum absolute atomic E-state index is 13.7. The molecule has 4 rings (SSSR count). The summed E-state index contributed by atoms with van der Waals surface area (Å²) in [6.45, 7) is 9.03. The van der Waals surface area contributed by atoms with Gasteiger partial charge in [-0.3, -0.25) is 14.7 Å². The Morgan fingerprint density at radius 1 is 1.31 bits per heavy atom. The number of hydrogen-bond donors (Lipinski definition) is 1. The van der Waals surface area contributed by atoms with Gasteiger partial charge in [0.15, 0.2) is 5.82 Å². The first-order valence-corrected chi connectivity index (χ1v) is 9.72. The summed E-state index contributed by atoms with van der Waals surface area (Å²) in [7, 11) is 0. The number of halogens is 3. The molecule has 11 heteroatoms. The number of nitrogen functional groups attached to an aromatic ring is 1. The number of nitrogens with zero attached hydrogens (tertiary/aromatic N) is 5. The predicted octanol–water partition coefficient (Wildman–Crippen LogP) is 3.40. The van der Waals surface area contributed by atoms with E-state index in [4.69, 9.17) is 10.5 Å². The molecule has 0 spiro atoms. The number of aromatic nitrogens is 4. The molecule has 8 nitrogen and oxygen atoms in total. The zero-order valence-corrected chi connectivity index (χ0v) is 17.6. The van der Waals surface area contributed by atoms with E-state index >= 15 is 0 Å². The van der Waals surface area contributed by atoms with Crippen LogP contribution in [0.2, 0.25) is 0 Å². The van der Waals surface area contributed by atoms with E-state index < -0.39 is 23.4 Å². The second kappa shape index (κ2) is 7.30. The van der Waals surface area contributed by atoms with Gasteiger partial charge in [-0.1, -0.05) is 6.08 Å². The molecule has 1 aliphatic rings. The number of alkyl halides is 3. The lowest BCUT2D eigenvalue weighted by molar-refractivity contribution is -0.146. The number of carbonyl (C=O) groups is 1. The summed E-state index contributed by atoms with van der Waals surface area (Å²) in [6, 6.07) is 2.10. The van der Waals surface area contributed by atoms with Crippen LogP contribution < -0.4 is 10.6 Å². The monoisotopic (exact) mass is 446 g/mol. The fourth-order valence-corrected chi connectivity index (χ4v) is 3.73. The molecule has 0 radical (unpaired) electrons. The molecule has 168 valence electrons. The average molecular weight is 446 g/mol. The third-order valence-electron chi connectivity index (χ3n) is 5.46. The molecule has 4 heterocycles. The van der Waals surface area contributed by atoms with Crippen LogP contribution in [0.1, 0.15) is 25.1 Å². The summed E-state index contributed by atoms with van der Waals surface area (Å²) in [5, 5.41) is 3.97. The van der Waals surface area contributed by atoms with E-state index in [0.29, 0.717) is 16.9 Å². The Hall–Kier alpha value is -3.47. The molecule has 1 amide bonds. The van der Waals surface area contributed by atoms with E-state index in [2.05, 4.69) is 21.6 Å². The number of hydrogen-bond acceptors (Lipinski definition) is 6. The zero-order chi connectivity index (χ0) is 23.4. The van der Waals surface area contributed by atoms with E-state index in [0.717, 1.165) is 16.9 Å². The molecule has 0 unspecified atom stereocenters. The number of amides is 1. The van der Waals surface area contributed by atoms with Crippen LogP contribution in [0.5, 0.6) is 0 Å². The van der Waals surface area contributed by atoms with Gasteiger partial charge >= 0.3 is 6.18 Å². The highest BCUT2D eigenvalue weighted by atomic mass is 19.4. The van der Waals surface area contributed by atoms with Crippen LogP contribution in [0, 0.1) is 6.92 Å². The van der Waals surface area contributed by atoms with Gasteiger partial charge < -0.3 is 10.5 Å². The second-order valence-electron chi connectivity index (χ2n) is 7.97. The van der Waals surface area contributed by atoms with Crippen molar-refractivity contribution < 1.29 is 22.7 Å². The molecule has 3 aromatic rings. The van der Waals surface area contributed by atoms with Crippen LogP contribution >= 0.6 is 0 Å². The fourth-order valence-electron chi connectivity index (χ4n) is 3.73.